The number of fused-ring (bicyclic) bond motifs is 6. The second kappa shape index (κ2) is 16.1. The normalized spacial score (nSPS) is 13.8. The summed E-state index contributed by atoms with van der Waals surface area (Å²) in [4.78, 5) is 9.13. The summed E-state index contributed by atoms with van der Waals surface area (Å²) < 4.78 is 51.6. The van der Waals surface area contributed by atoms with E-state index in [0.29, 0.717) is 33.6 Å². The number of furan rings is 2. The molecule has 0 bridgehead atoms. The molecule has 4 aromatic heterocycles. The predicted octanol–water partition coefficient (Wildman–Crippen LogP) is 12.9. The van der Waals surface area contributed by atoms with Crippen LogP contribution in [0, 0.1) is 23.9 Å². The molecule has 0 amide bonds. The predicted molar refractivity (Wildman–Crippen MR) is 227 cm³/mol. The molecule has 4 nitrogen and oxygen atoms in total. The minimum Gasteiger partial charge on any atom is -0.501 e. The number of hydrogen-bond acceptors (Lipinski definition) is 4. The van der Waals surface area contributed by atoms with Crippen LogP contribution in [0.15, 0.2) is 136 Å². The summed E-state index contributed by atoms with van der Waals surface area (Å²) in [6.07, 6.45) is 2.13. The SMILES string of the molecule is C[Si](C)(C)c1ccc(-c2[c-]ccc3c2oc2cc(F)ccc23)nc1.[2H]C(C)(c1ccccc1)c1ccc2oc3c(-c4cc(C([2H])([2H])C(C)C)ccn4)[c-]ccc3c2c1.[Ir]. The molecular formula is C49H43FIrN2O2Si-2. The largest absolute Gasteiger partial charge is 0.501 e. The van der Waals surface area contributed by atoms with Gasteiger partial charge in [0.05, 0.1) is 19.2 Å². The topological polar surface area (TPSA) is 52.1 Å². The fraction of sp³-hybridized carbons (Fsp3) is 0.184. The monoisotopic (exact) mass is 934 g/mol. The molecule has 5 aromatic carbocycles. The number of benzene rings is 5. The Morgan fingerprint density at radius 2 is 1.39 bits per heavy atom. The van der Waals surface area contributed by atoms with Crippen molar-refractivity contribution in [3.05, 3.63) is 162 Å². The quantitative estimate of drug-likeness (QED) is 0.118. The van der Waals surface area contributed by atoms with Crippen LogP contribution in [-0.2, 0) is 26.5 Å². The first-order valence-corrected chi connectivity index (χ1v) is 22.0. The third kappa shape index (κ3) is 7.90. The van der Waals surface area contributed by atoms with Gasteiger partial charge in [0.2, 0.25) is 0 Å². The second-order valence-electron chi connectivity index (χ2n) is 15.1. The number of nitrogens with zero attached hydrogens (tertiary/aromatic N) is 2. The van der Waals surface area contributed by atoms with E-state index in [0.717, 1.165) is 49.5 Å². The summed E-state index contributed by atoms with van der Waals surface area (Å²) in [7, 11) is -1.38. The van der Waals surface area contributed by atoms with Crippen molar-refractivity contribution < 1.29 is 37.4 Å². The van der Waals surface area contributed by atoms with Gasteiger partial charge in [0.1, 0.15) is 17.0 Å². The Morgan fingerprint density at radius 3 is 2.07 bits per heavy atom. The van der Waals surface area contributed by atoms with Gasteiger partial charge in [0.15, 0.2) is 0 Å². The maximum absolute atomic E-state index is 13.5. The van der Waals surface area contributed by atoms with Crippen molar-refractivity contribution in [2.45, 2.75) is 52.7 Å². The summed E-state index contributed by atoms with van der Waals surface area (Å²) in [6.45, 7) is 12.5. The first-order chi connectivity index (χ1) is 27.6. The summed E-state index contributed by atoms with van der Waals surface area (Å²) in [6, 6.07) is 42.1. The summed E-state index contributed by atoms with van der Waals surface area (Å²) in [5.41, 5.74) is 8.00. The summed E-state index contributed by atoms with van der Waals surface area (Å²) in [5.74, 6) is -1.37. The van der Waals surface area contributed by atoms with Crippen molar-refractivity contribution in [1.29, 1.82) is 0 Å². The summed E-state index contributed by atoms with van der Waals surface area (Å²) >= 11 is 0. The van der Waals surface area contributed by atoms with Crippen molar-refractivity contribution in [2.75, 3.05) is 0 Å². The van der Waals surface area contributed by atoms with E-state index in [1.54, 1.807) is 24.4 Å². The minimum atomic E-state index is -1.47. The van der Waals surface area contributed by atoms with Crippen LogP contribution in [0.4, 0.5) is 4.39 Å². The number of aromatic nitrogens is 2. The first-order valence-electron chi connectivity index (χ1n) is 20.0. The van der Waals surface area contributed by atoms with E-state index in [4.69, 9.17) is 12.9 Å². The molecule has 0 saturated carbocycles. The number of rotatable bonds is 7. The number of hydrogen-bond donors (Lipinski definition) is 0. The van der Waals surface area contributed by atoms with Crippen LogP contribution in [0.2, 0.25) is 19.6 Å². The molecule has 4 heterocycles. The molecule has 1 radical (unpaired) electrons. The molecule has 0 fully saturated rings. The minimum absolute atomic E-state index is 0. The first kappa shape index (κ1) is 35.2. The van der Waals surface area contributed by atoms with Crippen LogP contribution < -0.4 is 5.19 Å². The van der Waals surface area contributed by atoms with Crippen molar-refractivity contribution in [3.63, 3.8) is 0 Å². The van der Waals surface area contributed by atoms with E-state index in [1.165, 1.54) is 17.3 Å². The molecule has 0 spiro atoms. The van der Waals surface area contributed by atoms with Crippen LogP contribution in [0.3, 0.4) is 0 Å². The molecule has 1 unspecified atom stereocenters. The second-order valence-corrected chi connectivity index (χ2v) is 20.2. The zero-order chi connectivity index (χ0) is 41.0. The average Bonchev–Trinajstić information content (AvgIpc) is 3.79. The number of pyridine rings is 2. The maximum atomic E-state index is 13.5. The Balaban J connectivity index is 0.000000186. The van der Waals surface area contributed by atoms with Gasteiger partial charge in [0, 0.05) is 59.3 Å². The van der Waals surface area contributed by atoms with Crippen molar-refractivity contribution in [3.8, 4) is 22.5 Å². The molecule has 56 heavy (non-hydrogen) atoms. The summed E-state index contributed by atoms with van der Waals surface area (Å²) in [5, 5.41) is 5.03. The molecule has 0 saturated heterocycles. The zero-order valence-electron chi connectivity index (χ0n) is 35.1. The van der Waals surface area contributed by atoms with Crippen molar-refractivity contribution in [1.82, 2.24) is 9.97 Å². The zero-order valence-corrected chi connectivity index (χ0v) is 35.5. The molecule has 9 aromatic rings. The standard InChI is InChI=1S/C29H26NO.C20H17FNOSi.Ir/c1-19(2)16-21-14-15-30-27(17-21)25-11-7-10-24-26-18-23(12-13-28(26)31-29(24)25)20(3)22-8-5-4-6-9-22;1-24(2,3)14-8-10-18(22-12-14)17-6-4-5-16-15-9-7-13(21)11-19(15)23-20(16)17;/h4-10,12-15,17-20H,16H2,1-3H3;4-5,7-12H,1-3H3;/q2*-1;/i16D2,20D;;. The Morgan fingerprint density at radius 1 is 0.696 bits per heavy atom. The van der Waals surface area contributed by atoms with E-state index < -0.39 is 20.3 Å². The average molecular weight is 934 g/mol. The molecule has 283 valence electrons. The van der Waals surface area contributed by atoms with E-state index >= 15 is 0 Å². The Hall–Kier alpha value is -5.20. The van der Waals surface area contributed by atoms with E-state index in [-0.39, 0.29) is 31.8 Å². The van der Waals surface area contributed by atoms with Crippen molar-refractivity contribution in [2.24, 2.45) is 5.92 Å². The Kier molecular flexibility index (Phi) is 10.1. The van der Waals surface area contributed by atoms with Gasteiger partial charge in [-0.05, 0) is 70.3 Å². The van der Waals surface area contributed by atoms with Gasteiger partial charge in [-0.2, -0.15) is 0 Å². The van der Waals surface area contributed by atoms with Gasteiger partial charge in [-0.25, -0.2) is 4.39 Å². The third-order valence-electron chi connectivity index (χ3n) is 9.82. The van der Waals surface area contributed by atoms with Crippen LogP contribution in [0.5, 0.6) is 0 Å². The molecule has 0 N–H and O–H groups in total. The van der Waals surface area contributed by atoms with E-state index in [2.05, 4.69) is 47.8 Å². The maximum Gasteiger partial charge on any atom is 0.126 e. The van der Waals surface area contributed by atoms with E-state index in [9.17, 15) is 4.39 Å². The van der Waals surface area contributed by atoms with Crippen LogP contribution in [0.25, 0.3) is 66.4 Å². The van der Waals surface area contributed by atoms with Gasteiger partial charge >= 0.3 is 0 Å². The molecule has 7 heteroatoms. The van der Waals surface area contributed by atoms with Gasteiger partial charge in [-0.1, -0.05) is 122 Å². The van der Waals surface area contributed by atoms with Crippen LogP contribution in [0.1, 0.15) is 47.5 Å². The molecule has 0 aliphatic carbocycles. The Labute approximate surface area is 346 Å². The fourth-order valence-electron chi connectivity index (χ4n) is 6.90. The van der Waals surface area contributed by atoms with Crippen LogP contribution >= 0.6 is 0 Å². The van der Waals surface area contributed by atoms with Gasteiger partial charge in [-0.15, -0.1) is 36.4 Å². The third-order valence-corrected chi connectivity index (χ3v) is 11.9. The van der Waals surface area contributed by atoms with Gasteiger partial charge < -0.3 is 18.8 Å². The molecular weight excluding hydrogens is 888 g/mol. The van der Waals surface area contributed by atoms with Gasteiger partial charge in [-0.3, -0.25) is 0 Å². The molecule has 0 aliphatic heterocycles. The number of halogens is 1. The van der Waals surface area contributed by atoms with E-state index in [1.807, 2.05) is 106 Å². The van der Waals surface area contributed by atoms with Crippen LogP contribution in [-0.4, -0.2) is 18.0 Å². The molecule has 0 aliphatic rings. The van der Waals surface area contributed by atoms with Crippen molar-refractivity contribution >= 4 is 57.1 Å². The Bertz CT molecular complexity index is 2940. The molecule has 1 atom stereocenters. The smallest absolute Gasteiger partial charge is 0.126 e. The van der Waals surface area contributed by atoms with Gasteiger partial charge in [0.25, 0.3) is 0 Å². The fourth-order valence-corrected chi connectivity index (χ4v) is 7.94. The molecule has 9 rings (SSSR count).